The van der Waals surface area contributed by atoms with Crippen LogP contribution in [-0.2, 0) is 19.8 Å². The number of aromatic nitrogens is 4. The lowest BCUT2D eigenvalue weighted by molar-refractivity contribution is -0.134. The van der Waals surface area contributed by atoms with E-state index in [1.807, 2.05) is 30.7 Å². The second kappa shape index (κ2) is 7.73. The normalized spacial score (nSPS) is 12.0. The van der Waals surface area contributed by atoms with Crippen molar-refractivity contribution in [2.75, 3.05) is 0 Å². The number of halogens is 3. The molecule has 0 fully saturated rings. The average molecular weight is 469 g/mol. The van der Waals surface area contributed by atoms with Crippen LogP contribution in [-0.4, -0.2) is 25.0 Å². The molecule has 6 nitrogen and oxygen atoms in total. The highest BCUT2D eigenvalue weighted by Gasteiger charge is 2.33. The predicted molar refractivity (Wildman–Crippen MR) is 121 cm³/mol. The summed E-state index contributed by atoms with van der Waals surface area (Å²) < 4.78 is 43.2. The summed E-state index contributed by atoms with van der Waals surface area (Å²) in [6.07, 6.45) is -2.75. The lowest BCUT2D eigenvalue weighted by Gasteiger charge is -2.07. The Morgan fingerprint density at radius 2 is 1.97 bits per heavy atom. The number of carbonyl (C=O) groups excluding carboxylic acids is 1. The third-order valence-electron chi connectivity index (χ3n) is 5.51. The number of nitrogens with zero attached hydrogens (tertiary/aromatic N) is 4. The fraction of sp³-hybridized carbons (Fsp3) is 0.174. The van der Waals surface area contributed by atoms with Crippen LogP contribution in [0.3, 0.4) is 0 Å². The number of pyridine rings is 1. The highest BCUT2D eigenvalue weighted by molar-refractivity contribution is 7.14. The van der Waals surface area contributed by atoms with E-state index in [-0.39, 0.29) is 12.5 Å². The number of carbonyl (C=O) groups is 1. The van der Waals surface area contributed by atoms with E-state index in [4.69, 9.17) is 0 Å². The summed E-state index contributed by atoms with van der Waals surface area (Å²) in [5.74, 6) is 0.450. The van der Waals surface area contributed by atoms with Gasteiger partial charge in [-0.05, 0) is 49.4 Å². The van der Waals surface area contributed by atoms with Gasteiger partial charge in [0.05, 0.1) is 23.3 Å². The molecule has 0 aliphatic carbocycles. The minimum atomic E-state index is -4.41. The van der Waals surface area contributed by atoms with Gasteiger partial charge in [0.2, 0.25) is 0 Å². The molecule has 1 amide bonds. The molecule has 0 radical (unpaired) electrons. The van der Waals surface area contributed by atoms with Crippen molar-refractivity contribution in [3.8, 4) is 5.00 Å². The number of nitrogens with one attached hydrogen (secondary N) is 1. The summed E-state index contributed by atoms with van der Waals surface area (Å²) in [7, 11) is 1.85. The van der Waals surface area contributed by atoms with Crippen molar-refractivity contribution in [3.63, 3.8) is 0 Å². The number of rotatable bonds is 4. The molecular formula is C23H18F3N5OS. The molecule has 0 aliphatic heterocycles. The molecule has 1 N–H and O–H groups in total. The van der Waals surface area contributed by atoms with Crippen molar-refractivity contribution in [2.45, 2.75) is 19.6 Å². The Bertz CT molecular complexity index is 1500. The predicted octanol–water partition coefficient (Wildman–Crippen LogP) is 5.23. The fourth-order valence-electron chi connectivity index (χ4n) is 3.82. The molecule has 0 saturated heterocycles. The van der Waals surface area contributed by atoms with Gasteiger partial charge in [-0.2, -0.15) is 13.2 Å². The smallest absolute Gasteiger partial charge is 0.346 e. The highest BCUT2D eigenvalue weighted by atomic mass is 32.1. The number of benzene rings is 1. The van der Waals surface area contributed by atoms with E-state index in [9.17, 15) is 18.0 Å². The van der Waals surface area contributed by atoms with Crippen molar-refractivity contribution in [1.82, 2.24) is 24.4 Å². The first kappa shape index (κ1) is 21.2. The van der Waals surface area contributed by atoms with Crippen LogP contribution in [0.2, 0.25) is 0 Å². The molecule has 4 aromatic heterocycles. The number of hydrogen-bond donors (Lipinski definition) is 1. The lowest BCUT2D eigenvalue weighted by Crippen LogP contribution is -2.23. The first-order valence-electron chi connectivity index (χ1n) is 10.1. The van der Waals surface area contributed by atoms with Gasteiger partial charge in [0.25, 0.3) is 5.91 Å². The van der Waals surface area contributed by atoms with Gasteiger partial charge < -0.3 is 9.88 Å². The van der Waals surface area contributed by atoms with Crippen LogP contribution in [0.4, 0.5) is 13.2 Å². The van der Waals surface area contributed by atoms with Gasteiger partial charge in [-0.1, -0.05) is 6.07 Å². The summed E-state index contributed by atoms with van der Waals surface area (Å²) in [6.45, 7) is 2.11. The van der Waals surface area contributed by atoms with E-state index in [1.165, 1.54) is 6.07 Å². The summed E-state index contributed by atoms with van der Waals surface area (Å²) >= 11 is 0.661. The number of thiophene rings is 1. The first-order valence-corrected chi connectivity index (χ1v) is 10.9. The van der Waals surface area contributed by atoms with Crippen LogP contribution in [0.1, 0.15) is 26.8 Å². The molecule has 0 saturated carbocycles. The Hall–Kier alpha value is -3.66. The lowest BCUT2D eigenvalue weighted by atomic mass is 10.1. The molecule has 0 atom stereocenters. The third-order valence-corrected chi connectivity index (χ3v) is 6.63. The van der Waals surface area contributed by atoms with Crippen LogP contribution >= 0.6 is 11.3 Å². The van der Waals surface area contributed by atoms with E-state index in [0.29, 0.717) is 38.9 Å². The quantitative estimate of drug-likeness (QED) is 0.392. The molecule has 0 bridgehead atoms. The summed E-state index contributed by atoms with van der Waals surface area (Å²) in [5, 5.41) is 4.00. The Labute approximate surface area is 190 Å². The second-order valence-corrected chi connectivity index (χ2v) is 8.66. The molecule has 5 rings (SSSR count). The number of alkyl halides is 3. The minimum Gasteiger partial charge on any atom is -0.346 e. The van der Waals surface area contributed by atoms with Gasteiger partial charge in [0, 0.05) is 24.2 Å². The van der Waals surface area contributed by atoms with Gasteiger partial charge in [-0.15, -0.1) is 11.3 Å². The molecule has 5 aromatic rings. The summed E-state index contributed by atoms with van der Waals surface area (Å²) in [4.78, 5) is 20.9. The Balaban J connectivity index is 1.60. The van der Waals surface area contributed by atoms with Crippen molar-refractivity contribution >= 4 is 39.3 Å². The monoisotopic (exact) mass is 469 g/mol. The van der Waals surface area contributed by atoms with Crippen LogP contribution in [0.25, 0.3) is 27.1 Å². The van der Waals surface area contributed by atoms with Crippen LogP contribution in [0, 0.1) is 6.92 Å². The average Bonchev–Trinajstić information content (AvgIpc) is 3.47. The molecule has 10 heteroatoms. The highest BCUT2D eigenvalue weighted by Crippen LogP contribution is 2.39. The molecular weight excluding hydrogens is 451 g/mol. The van der Waals surface area contributed by atoms with E-state index >= 15 is 0 Å². The molecule has 33 heavy (non-hydrogen) atoms. The van der Waals surface area contributed by atoms with Crippen molar-refractivity contribution in [1.29, 1.82) is 0 Å². The number of fused-ring (bicyclic) bond motifs is 3. The Kier molecular flexibility index (Phi) is 4.97. The maximum atomic E-state index is 13.2. The largest absolute Gasteiger partial charge is 0.425 e. The maximum Gasteiger partial charge on any atom is 0.425 e. The first-order chi connectivity index (χ1) is 15.7. The molecule has 0 spiro atoms. The third kappa shape index (κ3) is 3.66. The maximum absolute atomic E-state index is 13.2. The number of imidazole rings is 1. The Morgan fingerprint density at radius 3 is 2.67 bits per heavy atom. The SMILES string of the molecule is Cc1nc2c(c3cc(C(=O)NCc4ccccn4)ccc3n2-c2ccc(C(F)(F)F)s2)n1C. The number of hydrogen-bond acceptors (Lipinski definition) is 4. The number of aryl methyl sites for hydroxylation is 2. The Morgan fingerprint density at radius 1 is 1.15 bits per heavy atom. The minimum absolute atomic E-state index is 0.266. The van der Waals surface area contributed by atoms with Gasteiger partial charge in [0.15, 0.2) is 5.65 Å². The van der Waals surface area contributed by atoms with E-state index in [1.54, 1.807) is 35.0 Å². The van der Waals surface area contributed by atoms with Crippen LogP contribution in [0.5, 0.6) is 0 Å². The van der Waals surface area contributed by atoms with Gasteiger partial charge in [-0.3, -0.25) is 14.3 Å². The van der Waals surface area contributed by atoms with E-state index in [0.717, 1.165) is 22.7 Å². The zero-order valence-electron chi connectivity index (χ0n) is 17.6. The summed E-state index contributed by atoms with van der Waals surface area (Å²) in [6, 6.07) is 13.2. The summed E-state index contributed by atoms with van der Waals surface area (Å²) in [5.41, 5.74) is 3.16. The number of amides is 1. The zero-order chi connectivity index (χ0) is 23.3. The zero-order valence-corrected chi connectivity index (χ0v) is 18.5. The van der Waals surface area contributed by atoms with Gasteiger partial charge in [0.1, 0.15) is 15.7 Å². The topological polar surface area (TPSA) is 64.7 Å². The standard InChI is InChI=1S/C23H18F3N5OS/c1-13-29-21-20(30(13)2)16-11-14(22(32)28-12-15-5-3-4-10-27-15)6-7-17(16)31(21)19-9-8-18(33-19)23(24,25)26/h3-11H,12H2,1-2H3,(H,28,32). The van der Waals surface area contributed by atoms with Crippen LogP contribution in [0.15, 0.2) is 54.7 Å². The fourth-order valence-corrected chi connectivity index (χ4v) is 4.71. The van der Waals surface area contributed by atoms with Gasteiger partial charge in [-0.25, -0.2) is 4.98 Å². The van der Waals surface area contributed by atoms with Gasteiger partial charge >= 0.3 is 6.18 Å². The molecule has 0 unspecified atom stereocenters. The van der Waals surface area contributed by atoms with Crippen molar-refractivity contribution in [3.05, 3.63) is 76.7 Å². The van der Waals surface area contributed by atoms with Crippen LogP contribution < -0.4 is 5.32 Å². The molecule has 1 aromatic carbocycles. The van der Waals surface area contributed by atoms with Crippen molar-refractivity contribution in [2.24, 2.45) is 7.05 Å². The molecule has 0 aliphatic rings. The van der Waals surface area contributed by atoms with E-state index < -0.39 is 11.1 Å². The van der Waals surface area contributed by atoms with E-state index in [2.05, 4.69) is 15.3 Å². The van der Waals surface area contributed by atoms with Crippen molar-refractivity contribution < 1.29 is 18.0 Å². The second-order valence-electron chi connectivity index (χ2n) is 7.60. The molecule has 168 valence electrons. The molecule has 4 heterocycles.